The largest absolute Gasteiger partial charge is 0.346 e. The zero-order valence-corrected chi connectivity index (χ0v) is 6.75. The number of nitrogens with zero attached hydrogens (tertiary/aromatic N) is 2. The van der Waals surface area contributed by atoms with Crippen LogP contribution in [0.4, 0.5) is 0 Å². The Balaban J connectivity index is 2.95. The van der Waals surface area contributed by atoms with E-state index in [1.54, 1.807) is 17.5 Å². The molecule has 1 heterocycles. The maximum Gasteiger partial charge on any atom is 0.346 e. The minimum Gasteiger partial charge on any atom is -0.258 e. The van der Waals surface area contributed by atoms with Gasteiger partial charge in [0.2, 0.25) is 0 Å². The van der Waals surface area contributed by atoms with E-state index in [1.807, 2.05) is 0 Å². The Bertz CT molecular complexity index is 348. The van der Waals surface area contributed by atoms with Gasteiger partial charge in [-0.15, -0.1) is 11.3 Å². The van der Waals surface area contributed by atoms with Crippen molar-refractivity contribution < 1.29 is 4.92 Å². The van der Waals surface area contributed by atoms with E-state index < -0.39 is 10.6 Å². The summed E-state index contributed by atoms with van der Waals surface area (Å²) in [5, 5.41) is 20.3. The first-order valence-corrected chi connectivity index (χ1v) is 3.91. The molecule has 0 aliphatic carbocycles. The van der Waals surface area contributed by atoms with Crippen LogP contribution in [0.5, 0.6) is 0 Å². The lowest BCUT2D eigenvalue weighted by atomic mass is 10.4. The van der Waals surface area contributed by atoms with Crippen molar-refractivity contribution in [1.29, 1.82) is 5.26 Å². The second-order valence-corrected chi connectivity index (χ2v) is 2.89. The Morgan fingerprint density at radius 3 is 3.00 bits per heavy atom. The summed E-state index contributed by atoms with van der Waals surface area (Å²) in [7, 11) is 0. The van der Waals surface area contributed by atoms with Crippen LogP contribution in [0, 0.1) is 21.4 Å². The third-order valence-electron chi connectivity index (χ3n) is 1.13. The molecule has 0 amide bonds. The normalized spacial score (nSPS) is 10.8. The van der Waals surface area contributed by atoms with Gasteiger partial charge in [-0.25, -0.2) is 0 Å². The topological polar surface area (TPSA) is 66.9 Å². The van der Waals surface area contributed by atoms with E-state index in [2.05, 4.69) is 0 Å². The quantitative estimate of drug-likeness (QED) is 0.396. The van der Waals surface area contributed by atoms with E-state index >= 15 is 0 Å². The van der Waals surface area contributed by atoms with Crippen LogP contribution in [0.2, 0.25) is 0 Å². The van der Waals surface area contributed by atoms with Crippen molar-refractivity contribution in [3.05, 3.63) is 38.2 Å². The number of nitro groups is 1. The Kier molecular flexibility index (Phi) is 2.56. The highest BCUT2D eigenvalue weighted by Gasteiger charge is 2.08. The second-order valence-electron chi connectivity index (χ2n) is 1.91. The van der Waals surface area contributed by atoms with Crippen LogP contribution in [0.3, 0.4) is 0 Å². The predicted octanol–water partition coefficient (Wildman–Crippen LogP) is 1.89. The molecule has 12 heavy (non-hydrogen) atoms. The molecule has 5 heteroatoms. The van der Waals surface area contributed by atoms with Gasteiger partial charge in [0.15, 0.2) is 6.07 Å². The van der Waals surface area contributed by atoms with Crippen LogP contribution in [0.15, 0.2) is 23.2 Å². The van der Waals surface area contributed by atoms with E-state index in [9.17, 15) is 10.1 Å². The first-order valence-electron chi connectivity index (χ1n) is 3.03. The molecule has 0 saturated carbocycles. The molecule has 0 bridgehead atoms. The Labute approximate surface area is 72.5 Å². The predicted molar refractivity (Wildman–Crippen MR) is 44.9 cm³/mol. The molecule has 0 N–H and O–H groups in total. The summed E-state index contributed by atoms with van der Waals surface area (Å²) < 4.78 is 0. The highest BCUT2D eigenvalue weighted by atomic mass is 32.1. The van der Waals surface area contributed by atoms with Gasteiger partial charge in [-0.1, -0.05) is 6.07 Å². The third kappa shape index (κ3) is 1.90. The lowest BCUT2D eigenvalue weighted by Crippen LogP contribution is -1.94. The molecular weight excluding hydrogens is 176 g/mol. The van der Waals surface area contributed by atoms with Crippen molar-refractivity contribution in [2.24, 2.45) is 0 Å². The number of hydrogen-bond donors (Lipinski definition) is 0. The first kappa shape index (κ1) is 8.43. The molecule has 1 aromatic heterocycles. The molecule has 0 radical (unpaired) electrons. The van der Waals surface area contributed by atoms with Crippen LogP contribution in [0.25, 0.3) is 6.08 Å². The van der Waals surface area contributed by atoms with Crippen molar-refractivity contribution in [2.45, 2.75) is 0 Å². The van der Waals surface area contributed by atoms with E-state index in [4.69, 9.17) is 5.26 Å². The molecule has 0 aromatic carbocycles. The molecular formula is C7H4N2O2S. The van der Waals surface area contributed by atoms with E-state index in [1.165, 1.54) is 23.5 Å². The molecule has 4 nitrogen and oxygen atoms in total. The molecule has 1 rings (SSSR count). The highest BCUT2D eigenvalue weighted by Crippen LogP contribution is 2.12. The lowest BCUT2D eigenvalue weighted by molar-refractivity contribution is -0.415. The zero-order valence-electron chi connectivity index (χ0n) is 5.93. The average Bonchev–Trinajstić information content (AvgIpc) is 2.51. The van der Waals surface area contributed by atoms with E-state index in [0.29, 0.717) is 4.88 Å². The summed E-state index contributed by atoms with van der Waals surface area (Å²) in [6.07, 6.45) is 1.25. The summed E-state index contributed by atoms with van der Waals surface area (Å²) >= 11 is 1.35. The second kappa shape index (κ2) is 3.64. The molecule has 0 fully saturated rings. The Morgan fingerprint density at radius 2 is 2.58 bits per heavy atom. The smallest absolute Gasteiger partial charge is 0.258 e. The fraction of sp³-hybridized carbons (Fsp3) is 0. The van der Waals surface area contributed by atoms with Crippen LogP contribution in [-0.4, -0.2) is 4.92 Å². The summed E-state index contributed by atoms with van der Waals surface area (Å²) in [5.74, 6) is 0. The monoisotopic (exact) mass is 180 g/mol. The van der Waals surface area contributed by atoms with Gasteiger partial charge >= 0.3 is 5.70 Å². The molecule has 0 spiro atoms. The minimum absolute atomic E-state index is 0.433. The van der Waals surface area contributed by atoms with Crippen LogP contribution in [-0.2, 0) is 0 Å². The van der Waals surface area contributed by atoms with Crippen LogP contribution < -0.4 is 0 Å². The third-order valence-corrected chi connectivity index (χ3v) is 1.95. The maximum atomic E-state index is 10.2. The fourth-order valence-electron chi connectivity index (χ4n) is 0.634. The molecule has 0 unspecified atom stereocenters. The average molecular weight is 180 g/mol. The highest BCUT2D eigenvalue weighted by molar-refractivity contribution is 7.10. The van der Waals surface area contributed by atoms with E-state index in [0.717, 1.165) is 0 Å². The van der Waals surface area contributed by atoms with Crippen molar-refractivity contribution in [1.82, 2.24) is 0 Å². The SMILES string of the molecule is N#C/C(=C/c1cccs1)[N+](=O)[O-]. The molecule has 0 aliphatic rings. The van der Waals surface area contributed by atoms with Crippen molar-refractivity contribution >= 4 is 17.4 Å². The molecule has 60 valence electrons. The number of allylic oxidation sites excluding steroid dienone is 1. The summed E-state index contributed by atoms with van der Waals surface area (Å²) in [5.41, 5.74) is -0.433. The summed E-state index contributed by atoms with van der Waals surface area (Å²) in [6.45, 7) is 0. The van der Waals surface area contributed by atoms with Crippen LogP contribution in [0.1, 0.15) is 4.88 Å². The van der Waals surface area contributed by atoms with Gasteiger partial charge in [-0.3, -0.25) is 10.1 Å². The molecule has 0 saturated heterocycles. The first-order chi connectivity index (χ1) is 5.74. The van der Waals surface area contributed by atoms with Gasteiger partial charge in [0.25, 0.3) is 0 Å². The van der Waals surface area contributed by atoms with Crippen molar-refractivity contribution in [2.75, 3.05) is 0 Å². The van der Waals surface area contributed by atoms with E-state index in [-0.39, 0.29) is 0 Å². The van der Waals surface area contributed by atoms with Crippen molar-refractivity contribution in [3.63, 3.8) is 0 Å². The lowest BCUT2D eigenvalue weighted by Gasteiger charge is -1.83. The maximum absolute atomic E-state index is 10.2. The summed E-state index contributed by atoms with van der Waals surface area (Å²) in [4.78, 5) is 10.2. The summed E-state index contributed by atoms with van der Waals surface area (Å²) in [6, 6.07) is 4.99. The van der Waals surface area contributed by atoms with Gasteiger partial charge in [-0.2, -0.15) is 5.26 Å². The molecule has 0 aliphatic heterocycles. The Hall–Kier alpha value is -1.67. The number of rotatable bonds is 2. The number of thiophene rings is 1. The van der Waals surface area contributed by atoms with Gasteiger partial charge in [0.1, 0.15) is 0 Å². The molecule has 1 aromatic rings. The van der Waals surface area contributed by atoms with Gasteiger partial charge < -0.3 is 0 Å². The minimum atomic E-state index is -0.695. The van der Waals surface area contributed by atoms with Crippen LogP contribution >= 0.6 is 11.3 Å². The Morgan fingerprint density at radius 1 is 1.83 bits per heavy atom. The van der Waals surface area contributed by atoms with Gasteiger partial charge in [-0.05, 0) is 11.4 Å². The number of hydrogen-bond acceptors (Lipinski definition) is 4. The fourth-order valence-corrected chi connectivity index (χ4v) is 1.29. The van der Waals surface area contributed by atoms with Gasteiger partial charge in [0.05, 0.1) is 4.92 Å². The number of nitriles is 1. The van der Waals surface area contributed by atoms with Gasteiger partial charge in [0, 0.05) is 11.0 Å². The zero-order chi connectivity index (χ0) is 8.97. The van der Waals surface area contributed by atoms with Crippen molar-refractivity contribution in [3.8, 4) is 6.07 Å². The standard InChI is InChI=1S/C7H4N2O2S/c8-5-6(9(10)11)4-7-2-1-3-12-7/h1-4H/b6-4-. The molecule has 0 atom stereocenters.